The number of benzene rings is 3. The summed E-state index contributed by atoms with van der Waals surface area (Å²) < 4.78 is 11.4. The Balaban J connectivity index is 1.25. The Morgan fingerprint density at radius 2 is 1.44 bits per heavy atom. The van der Waals surface area contributed by atoms with Gasteiger partial charge in [0.1, 0.15) is 23.0 Å². The lowest BCUT2D eigenvalue weighted by molar-refractivity contribution is -0.135. The first-order valence-electron chi connectivity index (χ1n) is 10.8. The van der Waals surface area contributed by atoms with E-state index in [1.165, 1.54) is 5.56 Å². The van der Waals surface area contributed by atoms with Gasteiger partial charge in [0, 0.05) is 32.2 Å². The van der Waals surface area contributed by atoms with Crippen LogP contribution >= 0.6 is 0 Å². The maximum Gasteiger partial charge on any atom is 0.260 e. The predicted octanol–water partition coefficient (Wildman–Crippen LogP) is 4.47. The van der Waals surface area contributed by atoms with Crippen molar-refractivity contribution in [2.45, 2.75) is 13.0 Å². The number of carbonyl (C=O) groups excluding carboxylic acids is 1. The highest BCUT2D eigenvalue weighted by Crippen LogP contribution is 2.26. The normalized spacial score (nSPS) is 15.2. The molecular weight excluding hydrogens is 404 g/mol. The number of para-hydroxylation sites is 1. The Bertz CT molecular complexity index is 998. The first-order chi connectivity index (χ1) is 15.6. The Morgan fingerprint density at radius 3 is 2.09 bits per heavy atom. The number of phenols is 1. The van der Waals surface area contributed by atoms with E-state index in [1.54, 1.807) is 24.3 Å². The third kappa shape index (κ3) is 5.59. The average molecular weight is 433 g/mol. The highest BCUT2D eigenvalue weighted by molar-refractivity contribution is 5.77. The van der Waals surface area contributed by atoms with Gasteiger partial charge >= 0.3 is 0 Å². The number of piperazine rings is 1. The van der Waals surface area contributed by atoms with Crippen molar-refractivity contribution in [3.8, 4) is 23.0 Å². The molecule has 1 atom stereocenters. The zero-order chi connectivity index (χ0) is 22.3. The van der Waals surface area contributed by atoms with Crippen LogP contribution in [0.1, 0.15) is 18.5 Å². The molecule has 1 saturated heterocycles. The van der Waals surface area contributed by atoms with Crippen LogP contribution in [0.25, 0.3) is 0 Å². The Labute approximate surface area is 188 Å². The summed E-state index contributed by atoms with van der Waals surface area (Å²) in [5.41, 5.74) is 1.22. The fourth-order valence-corrected chi connectivity index (χ4v) is 3.79. The van der Waals surface area contributed by atoms with Gasteiger partial charge in [0.2, 0.25) is 0 Å². The van der Waals surface area contributed by atoms with Crippen LogP contribution in [-0.2, 0) is 4.79 Å². The second-order valence-electron chi connectivity index (χ2n) is 7.86. The maximum absolute atomic E-state index is 12.5. The minimum absolute atomic E-state index is 0.00318. The van der Waals surface area contributed by atoms with Gasteiger partial charge in [-0.1, -0.05) is 30.3 Å². The van der Waals surface area contributed by atoms with Crippen LogP contribution in [0.2, 0.25) is 0 Å². The van der Waals surface area contributed by atoms with Crippen LogP contribution in [0.15, 0.2) is 78.9 Å². The molecule has 3 aromatic carbocycles. The van der Waals surface area contributed by atoms with E-state index in [-0.39, 0.29) is 24.3 Å². The molecule has 1 unspecified atom stereocenters. The van der Waals surface area contributed by atoms with Gasteiger partial charge in [0.15, 0.2) is 6.61 Å². The van der Waals surface area contributed by atoms with Gasteiger partial charge in [0.05, 0.1) is 0 Å². The van der Waals surface area contributed by atoms with E-state index in [1.807, 2.05) is 47.4 Å². The molecule has 32 heavy (non-hydrogen) atoms. The van der Waals surface area contributed by atoms with E-state index in [0.29, 0.717) is 18.8 Å². The van der Waals surface area contributed by atoms with Crippen LogP contribution < -0.4 is 9.47 Å². The fourth-order valence-electron chi connectivity index (χ4n) is 3.79. The maximum atomic E-state index is 12.5. The molecule has 1 fully saturated rings. The Hall–Kier alpha value is -3.51. The average Bonchev–Trinajstić information content (AvgIpc) is 2.84. The van der Waals surface area contributed by atoms with Gasteiger partial charge in [-0.2, -0.15) is 0 Å². The molecule has 0 spiro atoms. The lowest BCUT2D eigenvalue weighted by Crippen LogP contribution is -2.50. The molecule has 1 aliphatic rings. The monoisotopic (exact) mass is 432 g/mol. The number of phenolic OH excluding ortho intramolecular Hbond substituents is 1. The summed E-state index contributed by atoms with van der Waals surface area (Å²) in [7, 11) is 0. The van der Waals surface area contributed by atoms with Crippen molar-refractivity contribution in [2.75, 3.05) is 32.8 Å². The molecule has 4 rings (SSSR count). The number of hydrogen-bond donors (Lipinski definition) is 1. The first-order valence-corrected chi connectivity index (χ1v) is 10.8. The summed E-state index contributed by atoms with van der Waals surface area (Å²) in [6.45, 7) is 5.18. The summed E-state index contributed by atoms with van der Waals surface area (Å²) in [6.07, 6.45) is 0. The number of aromatic hydroxyl groups is 1. The first kappa shape index (κ1) is 21.7. The van der Waals surface area contributed by atoms with Crippen molar-refractivity contribution < 1.29 is 19.4 Å². The summed E-state index contributed by atoms with van der Waals surface area (Å²) in [5, 5.41) is 9.32. The number of hydrogen-bond acceptors (Lipinski definition) is 5. The number of nitrogens with zero attached hydrogens (tertiary/aromatic N) is 2. The molecule has 0 saturated carbocycles. The zero-order valence-electron chi connectivity index (χ0n) is 18.2. The summed E-state index contributed by atoms with van der Waals surface area (Å²) >= 11 is 0. The van der Waals surface area contributed by atoms with E-state index in [4.69, 9.17) is 9.47 Å². The third-order valence-corrected chi connectivity index (χ3v) is 5.76. The minimum Gasteiger partial charge on any atom is -0.508 e. The van der Waals surface area contributed by atoms with Crippen LogP contribution in [0.3, 0.4) is 0 Å². The van der Waals surface area contributed by atoms with Gasteiger partial charge in [-0.05, 0) is 61.0 Å². The van der Waals surface area contributed by atoms with Gasteiger partial charge in [-0.25, -0.2) is 0 Å². The molecule has 6 heteroatoms. The second kappa shape index (κ2) is 10.2. The van der Waals surface area contributed by atoms with E-state index < -0.39 is 0 Å². The molecule has 1 amide bonds. The zero-order valence-corrected chi connectivity index (χ0v) is 18.2. The molecule has 0 aliphatic carbocycles. The van der Waals surface area contributed by atoms with Gasteiger partial charge in [0.25, 0.3) is 5.91 Å². The molecule has 166 valence electrons. The highest BCUT2D eigenvalue weighted by atomic mass is 16.5. The Kier molecular flexibility index (Phi) is 6.92. The predicted molar refractivity (Wildman–Crippen MR) is 123 cm³/mol. The largest absolute Gasteiger partial charge is 0.508 e. The molecule has 1 aliphatic heterocycles. The van der Waals surface area contributed by atoms with Gasteiger partial charge < -0.3 is 19.5 Å². The minimum atomic E-state index is -0.0206. The quantitative estimate of drug-likeness (QED) is 0.597. The summed E-state index contributed by atoms with van der Waals surface area (Å²) in [4.78, 5) is 16.7. The third-order valence-electron chi connectivity index (χ3n) is 5.76. The molecular formula is C26H28N2O4. The van der Waals surface area contributed by atoms with Crippen molar-refractivity contribution in [3.05, 3.63) is 84.4 Å². The van der Waals surface area contributed by atoms with E-state index in [0.717, 1.165) is 24.6 Å². The molecule has 0 bridgehead atoms. The van der Waals surface area contributed by atoms with Gasteiger partial charge in [-0.15, -0.1) is 0 Å². The van der Waals surface area contributed by atoms with Gasteiger partial charge in [-0.3, -0.25) is 9.69 Å². The molecule has 1 N–H and O–H groups in total. The van der Waals surface area contributed by atoms with Crippen LogP contribution in [-0.4, -0.2) is 53.6 Å². The number of rotatable bonds is 7. The van der Waals surface area contributed by atoms with E-state index in [2.05, 4.69) is 24.0 Å². The summed E-state index contributed by atoms with van der Waals surface area (Å²) in [5.74, 6) is 2.36. The van der Waals surface area contributed by atoms with Crippen molar-refractivity contribution >= 4 is 5.91 Å². The van der Waals surface area contributed by atoms with Crippen LogP contribution in [0.4, 0.5) is 0 Å². The lowest BCUT2D eigenvalue weighted by atomic mass is 10.1. The molecule has 0 aromatic heterocycles. The second-order valence-corrected chi connectivity index (χ2v) is 7.86. The standard InChI is InChI=1S/C26H28N2O4/c1-20(21-7-11-25(12-8-21)32-24-5-3-2-4-6-24)27-15-17-28(18-16-27)26(30)19-31-23-13-9-22(29)10-14-23/h2-14,20,29H,15-19H2,1H3. The lowest BCUT2D eigenvalue weighted by Gasteiger charge is -2.38. The summed E-state index contributed by atoms with van der Waals surface area (Å²) in [6, 6.07) is 24.6. The fraction of sp³-hybridized carbons (Fsp3) is 0.269. The highest BCUT2D eigenvalue weighted by Gasteiger charge is 2.25. The Morgan fingerprint density at radius 1 is 0.844 bits per heavy atom. The molecule has 1 heterocycles. The van der Waals surface area contributed by atoms with Crippen molar-refractivity contribution in [1.82, 2.24) is 9.80 Å². The van der Waals surface area contributed by atoms with E-state index in [9.17, 15) is 9.90 Å². The SMILES string of the molecule is CC(c1ccc(Oc2ccccc2)cc1)N1CCN(C(=O)COc2ccc(O)cc2)CC1. The van der Waals surface area contributed by atoms with Crippen molar-refractivity contribution in [2.24, 2.45) is 0 Å². The van der Waals surface area contributed by atoms with Crippen LogP contribution in [0, 0.1) is 0 Å². The smallest absolute Gasteiger partial charge is 0.260 e. The molecule has 6 nitrogen and oxygen atoms in total. The molecule has 0 radical (unpaired) electrons. The van der Waals surface area contributed by atoms with E-state index >= 15 is 0 Å². The molecule has 3 aromatic rings. The van der Waals surface area contributed by atoms with Crippen molar-refractivity contribution in [3.63, 3.8) is 0 Å². The number of ether oxygens (including phenoxy) is 2. The van der Waals surface area contributed by atoms with Crippen LogP contribution in [0.5, 0.6) is 23.0 Å². The van der Waals surface area contributed by atoms with Crippen molar-refractivity contribution in [1.29, 1.82) is 0 Å². The topological polar surface area (TPSA) is 62.2 Å². The number of carbonyl (C=O) groups is 1. The number of amides is 1.